The number of ether oxygens (including phenoxy) is 2. The van der Waals surface area contributed by atoms with E-state index < -0.39 is 0 Å². The Morgan fingerprint density at radius 1 is 0.919 bits per heavy atom. The topological polar surface area (TPSA) is 103 Å². The molecule has 0 spiro atoms. The van der Waals surface area contributed by atoms with E-state index in [1.54, 1.807) is 41.3 Å². The molecule has 1 aliphatic heterocycles. The van der Waals surface area contributed by atoms with E-state index in [0.29, 0.717) is 73.9 Å². The van der Waals surface area contributed by atoms with Crippen LogP contribution in [0.5, 0.6) is 11.5 Å². The Morgan fingerprint density at radius 3 is 2.32 bits per heavy atom. The summed E-state index contributed by atoms with van der Waals surface area (Å²) >= 11 is 0. The highest BCUT2D eigenvalue weighted by Gasteiger charge is 2.34. The van der Waals surface area contributed by atoms with E-state index in [1.165, 1.54) is 4.90 Å². The molecule has 1 aromatic heterocycles. The first-order valence-electron chi connectivity index (χ1n) is 12.7. The smallest absolute Gasteiger partial charge is 0.261 e. The van der Waals surface area contributed by atoms with Crippen LogP contribution in [-0.2, 0) is 11.3 Å². The molecule has 0 fully saturated rings. The van der Waals surface area contributed by atoms with Gasteiger partial charge in [0.25, 0.3) is 11.8 Å². The highest BCUT2D eigenvalue weighted by Crippen LogP contribution is 2.29. The highest BCUT2D eigenvalue weighted by atomic mass is 16.5. The zero-order chi connectivity index (χ0) is 26.2. The number of nitrogens with zero attached hydrogens (tertiary/aromatic N) is 3. The van der Waals surface area contributed by atoms with Crippen molar-refractivity contribution in [3.05, 3.63) is 71.5 Å². The van der Waals surface area contributed by atoms with Crippen LogP contribution >= 0.6 is 0 Å². The van der Waals surface area contributed by atoms with Crippen molar-refractivity contribution < 1.29 is 23.9 Å². The number of anilines is 1. The van der Waals surface area contributed by atoms with Gasteiger partial charge in [-0.2, -0.15) is 5.10 Å². The van der Waals surface area contributed by atoms with Gasteiger partial charge in [0.1, 0.15) is 0 Å². The maximum atomic E-state index is 12.4. The Morgan fingerprint density at radius 2 is 1.62 bits per heavy atom. The predicted octanol–water partition coefficient (Wildman–Crippen LogP) is 4.52. The minimum absolute atomic E-state index is 0.0972. The monoisotopic (exact) mass is 504 g/mol. The summed E-state index contributed by atoms with van der Waals surface area (Å²) in [5.74, 6) is 0.833. The fraction of sp³-hybridized carbons (Fsp3) is 0.357. The fourth-order valence-corrected chi connectivity index (χ4v) is 4.29. The van der Waals surface area contributed by atoms with Crippen molar-refractivity contribution in [2.24, 2.45) is 0 Å². The van der Waals surface area contributed by atoms with Crippen LogP contribution < -0.4 is 14.8 Å². The standard InChI is InChI=1S/C28H32N4O5/c1-3-36-24-14-13-20(16-25(24)37-4-2)18-31-19-21(17-29-31)30-26(33)12-6-5-9-15-32-27(34)22-10-7-8-11-23(22)28(32)35/h7-8,10-11,13-14,16-17,19H,3-6,9,12,15,18H2,1-2H3,(H,30,33). The number of imide groups is 1. The fourth-order valence-electron chi connectivity index (χ4n) is 4.29. The second kappa shape index (κ2) is 12.2. The van der Waals surface area contributed by atoms with E-state index in [2.05, 4.69) is 10.4 Å². The molecule has 194 valence electrons. The van der Waals surface area contributed by atoms with Gasteiger partial charge < -0.3 is 14.8 Å². The lowest BCUT2D eigenvalue weighted by Crippen LogP contribution is -2.30. The third-order valence-electron chi connectivity index (χ3n) is 6.03. The lowest BCUT2D eigenvalue weighted by atomic mass is 10.1. The van der Waals surface area contributed by atoms with Crippen molar-refractivity contribution in [1.82, 2.24) is 14.7 Å². The first-order chi connectivity index (χ1) is 18.0. The van der Waals surface area contributed by atoms with Crippen molar-refractivity contribution >= 4 is 23.4 Å². The van der Waals surface area contributed by atoms with Crippen LogP contribution in [0.2, 0.25) is 0 Å². The second-order valence-electron chi connectivity index (χ2n) is 8.74. The minimum Gasteiger partial charge on any atom is -0.490 e. The van der Waals surface area contributed by atoms with Crippen LogP contribution in [0, 0.1) is 0 Å². The summed E-state index contributed by atoms with van der Waals surface area (Å²) in [7, 11) is 0. The Labute approximate surface area is 216 Å². The van der Waals surface area contributed by atoms with Crippen LogP contribution in [0.15, 0.2) is 54.9 Å². The molecule has 0 atom stereocenters. The number of hydrogen-bond acceptors (Lipinski definition) is 6. The van der Waals surface area contributed by atoms with Gasteiger partial charge in [0.2, 0.25) is 5.91 Å². The van der Waals surface area contributed by atoms with Crippen molar-refractivity contribution in [3.63, 3.8) is 0 Å². The molecule has 2 heterocycles. The molecule has 0 saturated carbocycles. The molecule has 37 heavy (non-hydrogen) atoms. The van der Waals surface area contributed by atoms with Gasteiger partial charge in [0.15, 0.2) is 11.5 Å². The lowest BCUT2D eigenvalue weighted by Gasteiger charge is -2.13. The van der Waals surface area contributed by atoms with Gasteiger partial charge in [-0.3, -0.25) is 24.0 Å². The molecule has 9 nitrogen and oxygen atoms in total. The average molecular weight is 505 g/mol. The number of hydrogen-bond donors (Lipinski definition) is 1. The zero-order valence-corrected chi connectivity index (χ0v) is 21.2. The Kier molecular flexibility index (Phi) is 8.56. The summed E-state index contributed by atoms with van der Waals surface area (Å²) in [5, 5.41) is 7.22. The molecular formula is C28H32N4O5. The van der Waals surface area contributed by atoms with Gasteiger partial charge in [0.05, 0.1) is 42.8 Å². The van der Waals surface area contributed by atoms with E-state index in [1.807, 2.05) is 32.0 Å². The van der Waals surface area contributed by atoms with E-state index in [9.17, 15) is 14.4 Å². The van der Waals surface area contributed by atoms with Crippen molar-refractivity contribution in [3.8, 4) is 11.5 Å². The lowest BCUT2D eigenvalue weighted by molar-refractivity contribution is -0.116. The Bertz CT molecular complexity index is 1230. The zero-order valence-electron chi connectivity index (χ0n) is 21.2. The van der Waals surface area contributed by atoms with Crippen LogP contribution in [0.1, 0.15) is 65.8 Å². The molecule has 0 aliphatic carbocycles. The summed E-state index contributed by atoms with van der Waals surface area (Å²) in [6.45, 7) is 5.86. The molecule has 3 amide bonds. The average Bonchev–Trinajstić information content (AvgIpc) is 3.42. The molecule has 3 aromatic rings. The Balaban J connectivity index is 1.19. The van der Waals surface area contributed by atoms with Crippen LogP contribution in [-0.4, -0.2) is 52.2 Å². The van der Waals surface area contributed by atoms with E-state index in [4.69, 9.17) is 9.47 Å². The predicted molar refractivity (Wildman–Crippen MR) is 139 cm³/mol. The maximum Gasteiger partial charge on any atom is 0.261 e. The molecule has 2 aromatic carbocycles. The number of aromatic nitrogens is 2. The SMILES string of the molecule is CCOc1ccc(Cn2cc(NC(=O)CCCCCN3C(=O)c4ccccc4C3=O)cn2)cc1OCC. The van der Waals surface area contributed by atoms with Gasteiger partial charge in [-0.1, -0.05) is 24.6 Å². The molecule has 0 bridgehead atoms. The summed E-state index contributed by atoms with van der Waals surface area (Å²) in [6, 6.07) is 12.7. The summed E-state index contributed by atoms with van der Waals surface area (Å²) < 4.78 is 13.1. The summed E-state index contributed by atoms with van der Waals surface area (Å²) in [6.07, 6.45) is 5.82. The normalized spacial score (nSPS) is 12.5. The maximum absolute atomic E-state index is 12.4. The van der Waals surface area contributed by atoms with E-state index in [0.717, 1.165) is 12.0 Å². The number of unbranched alkanes of at least 4 members (excludes halogenated alkanes) is 2. The number of carbonyl (C=O) groups is 3. The number of amides is 3. The number of rotatable bonds is 13. The van der Waals surface area contributed by atoms with Crippen molar-refractivity contribution in [2.75, 3.05) is 25.1 Å². The number of carbonyl (C=O) groups excluding carboxylic acids is 3. The number of benzene rings is 2. The van der Waals surface area contributed by atoms with Crippen molar-refractivity contribution in [1.29, 1.82) is 0 Å². The number of fused-ring (bicyclic) bond motifs is 1. The van der Waals surface area contributed by atoms with Gasteiger partial charge in [-0.25, -0.2) is 0 Å². The summed E-state index contributed by atoms with van der Waals surface area (Å²) in [5.41, 5.74) is 2.56. The quantitative estimate of drug-likeness (QED) is 0.271. The molecule has 9 heteroatoms. The summed E-state index contributed by atoms with van der Waals surface area (Å²) in [4.78, 5) is 38.5. The first-order valence-corrected chi connectivity index (χ1v) is 12.7. The molecule has 1 N–H and O–H groups in total. The molecular weight excluding hydrogens is 472 g/mol. The Hall–Kier alpha value is -4.14. The van der Waals surface area contributed by atoms with Crippen molar-refractivity contribution in [2.45, 2.75) is 46.1 Å². The second-order valence-corrected chi connectivity index (χ2v) is 8.74. The number of nitrogens with one attached hydrogen (secondary N) is 1. The molecule has 0 unspecified atom stereocenters. The highest BCUT2D eigenvalue weighted by molar-refractivity contribution is 6.21. The molecule has 4 rings (SSSR count). The van der Waals surface area contributed by atoms with Gasteiger partial charge in [-0.05, 0) is 56.5 Å². The van der Waals surface area contributed by atoms with Gasteiger partial charge >= 0.3 is 0 Å². The van der Waals surface area contributed by atoms with E-state index in [-0.39, 0.29) is 17.7 Å². The van der Waals surface area contributed by atoms with Crippen LogP contribution in [0.4, 0.5) is 5.69 Å². The van der Waals surface area contributed by atoms with Crippen LogP contribution in [0.25, 0.3) is 0 Å². The van der Waals surface area contributed by atoms with Gasteiger partial charge in [0, 0.05) is 19.2 Å². The van der Waals surface area contributed by atoms with Gasteiger partial charge in [-0.15, -0.1) is 0 Å². The first kappa shape index (κ1) is 25.9. The molecule has 0 radical (unpaired) electrons. The van der Waals surface area contributed by atoms with E-state index >= 15 is 0 Å². The largest absolute Gasteiger partial charge is 0.490 e. The molecule has 1 aliphatic rings. The molecule has 0 saturated heterocycles. The third-order valence-corrected chi connectivity index (χ3v) is 6.03. The minimum atomic E-state index is -0.241. The third kappa shape index (κ3) is 6.35. The van der Waals surface area contributed by atoms with Crippen LogP contribution in [0.3, 0.4) is 0 Å².